The standard InChI is InChI=1S/C20H26N4O3/c25-20(24-9-7-22(8-10-24)16-17-4-3-13-27-17)21-18-5-1-2-6-19(18)23-11-14-26-15-12-23/h1-6,13H,7-12,14-16H2,(H,21,25). The van der Waals surface area contributed by atoms with E-state index in [0.29, 0.717) is 13.1 Å². The molecular weight excluding hydrogens is 344 g/mol. The molecular formula is C20H26N4O3. The molecule has 2 aliphatic rings. The maximum absolute atomic E-state index is 12.8. The number of nitrogens with one attached hydrogen (secondary N) is 1. The molecule has 144 valence electrons. The molecule has 2 fully saturated rings. The van der Waals surface area contributed by atoms with E-state index in [1.807, 2.05) is 35.2 Å². The van der Waals surface area contributed by atoms with Crippen molar-refractivity contribution in [3.8, 4) is 0 Å². The lowest BCUT2D eigenvalue weighted by Crippen LogP contribution is -2.49. The average Bonchev–Trinajstić information content (AvgIpc) is 3.23. The van der Waals surface area contributed by atoms with Crippen LogP contribution in [0.2, 0.25) is 0 Å². The fourth-order valence-electron chi connectivity index (χ4n) is 3.59. The van der Waals surface area contributed by atoms with Crippen molar-refractivity contribution in [2.45, 2.75) is 6.54 Å². The van der Waals surface area contributed by atoms with Crippen LogP contribution in [-0.2, 0) is 11.3 Å². The first-order chi connectivity index (χ1) is 13.3. The number of piperazine rings is 1. The van der Waals surface area contributed by atoms with E-state index in [1.165, 1.54) is 0 Å². The van der Waals surface area contributed by atoms with Gasteiger partial charge in [-0.3, -0.25) is 4.90 Å². The summed E-state index contributed by atoms with van der Waals surface area (Å²) in [5.74, 6) is 0.965. The van der Waals surface area contributed by atoms with E-state index >= 15 is 0 Å². The van der Waals surface area contributed by atoms with E-state index in [-0.39, 0.29) is 6.03 Å². The number of morpholine rings is 1. The summed E-state index contributed by atoms with van der Waals surface area (Å²) in [6.45, 7) is 7.05. The maximum atomic E-state index is 12.8. The van der Waals surface area contributed by atoms with Crippen LogP contribution in [0.25, 0.3) is 0 Å². The molecule has 0 unspecified atom stereocenters. The Labute approximate surface area is 159 Å². The second kappa shape index (κ2) is 8.45. The summed E-state index contributed by atoms with van der Waals surface area (Å²) in [4.78, 5) is 19.2. The molecule has 0 bridgehead atoms. The normalized spacial score (nSPS) is 18.5. The Bertz CT molecular complexity index is 735. The summed E-state index contributed by atoms with van der Waals surface area (Å²) in [6.07, 6.45) is 1.70. The minimum atomic E-state index is -0.0339. The first kappa shape index (κ1) is 17.9. The topological polar surface area (TPSA) is 61.2 Å². The molecule has 2 aliphatic heterocycles. The highest BCUT2D eigenvalue weighted by Crippen LogP contribution is 2.26. The van der Waals surface area contributed by atoms with Gasteiger partial charge in [0.05, 0.1) is 37.4 Å². The van der Waals surface area contributed by atoms with Crippen LogP contribution >= 0.6 is 0 Å². The first-order valence-electron chi connectivity index (χ1n) is 9.52. The molecule has 2 aromatic rings. The van der Waals surface area contributed by atoms with Gasteiger partial charge in [-0.15, -0.1) is 0 Å². The Morgan fingerprint density at radius 1 is 0.963 bits per heavy atom. The summed E-state index contributed by atoms with van der Waals surface area (Å²) in [6, 6.07) is 11.9. The fraction of sp³-hybridized carbons (Fsp3) is 0.450. The highest BCUT2D eigenvalue weighted by molar-refractivity contribution is 5.93. The molecule has 0 spiro atoms. The number of hydrogen-bond acceptors (Lipinski definition) is 5. The van der Waals surface area contributed by atoms with E-state index < -0.39 is 0 Å². The zero-order valence-corrected chi connectivity index (χ0v) is 15.5. The van der Waals surface area contributed by atoms with Crippen LogP contribution in [0.3, 0.4) is 0 Å². The van der Waals surface area contributed by atoms with Gasteiger partial charge < -0.3 is 24.3 Å². The van der Waals surface area contributed by atoms with Crippen LogP contribution in [0.1, 0.15) is 5.76 Å². The SMILES string of the molecule is O=C(Nc1ccccc1N1CCOCC1)N1CCN(Cc2ccco2)CC1. The Morgan fingerprint density at radius 2 is 1.74 bits per heavy atom. The molecule has 0 aliphatic carbocycles. The molecule has 0 saturated carbocycles. The Morgan fingerprint density at radius 3 is 2.48 bits per heavy atom. The van der Waals surface area contributed by atoms with Gasteiger partial charge in [-0.2, -0.15) is 0 Å². The van der Waals surface area contributed by atoms with Gasteiger partial charge in [-0.25, -0.2) is 4.79 Å². The number of furan rings is 1. The van der Waals surface area contributed by atoms with Gasteiger partial charge in [0.25, 0.3) is 0 Å². The molecule has 2 saturated heterocycles. The molecule has 1 aromatic carbocycles. The Kier molecular flexibility index (Phi) is 5.60. The van der Waals surface area contributed by atoms with Gasteiger partial charge in [0.15, 0.2) is 0 Å². The van der Waals surface area contributed by atoms with Crippen molar-refractivity contribution >= 4 is 17.4 Å². The summed E-state index contributed by atoms with van der Waals surface area (Å²) >= 11 is 0. The average molecular weight is 370 g/mol. The monoisotopic (exact) mass is 370 g/mol. The summed E-state index contributed by atoms with van der Waals surface area (Å²) in [5.41, 5.74) is 1.92. The van der Waals surface area contributed by atoms with Crippen molar-refractivity contribution in [3.05, 3.63) is 48.4 Å². The smallest absolute Gasteiger partial charge is 0.321 e. The van der Waals surface area contributed by atoms with Crippen LogP contribution < -0.4 is 10.2 Å². The molecule has 4 rings (SSSR count). The second-order valence-corrected chi connectivity index (χ2v) is 6.89. The molecule has 1 N–H and O–H groups in total. The van der Waals surface area contributed by atoms with Crippen molar-refractivity contribution in [2.75, 3.05) is 62.7 Å². The summed E-state index contributed by atoms with van der Waals surface area (Å²) in [5, 5.41) is 3.11. The molecule has 7 nitrogen and oxygen atoms in total. The highest BCUT2D eigenvalue weighted by Gasteiger charge is 2.23. The zero-order valence-electron chi connectivity index (χ0n) is 15.5. The van der Waals surface area contributed by atoms with Crippen molar-refractivity contribution in [1.82, 2.24) is 9.80 Å². The fourth-order valence-corrected chi connectivity index (χ4v) is 3.59. The van der Waals surface area contributed by atoms with Crippen molar-refractivity contribution < 1.29 is 13.9 Å². The van der Waals surface area contributed by atoms with Crippen molar-refractivity contribution in [2.24, 2.45) is 0 Å². The van der Waals surface area contributed by atoms with E-state index in [2.05, 4.69) is 21.2 Å². The van der Waals surface area contributed by atoms with Gasteiger partial charge in [-0.1, -0.05) is 12.1 Å². The van der Waals surface area contributed by atoms with Gasteiger partial charge in [0.2, 0.25) is 0 Å². The van der Waals surface area contributed by atoms with Gasteiger partial charge in [0.1, 0.15) is 5.76 Å². The number of ether oxygens (including phenoxy) is 1. The van der Waals surface area contributed by atoms with Crippen molar-refractivity contribution in [3.63, 3.8) is 0 Å². The maximum Gasteiger partial charge on any atom is 0.321 e. The lowest BCUT2D eigenvalue weighted by Gasteiger charge is -2.35. The largest absolute Gasteiger partial charge is 0.468 e. The van der Waals surface area contributed by atoms with E-state index in [0.717, 1.165) is 63.1 Å². The minimum Gasteiger partial charge on any atom is -0.468 e. The molecule has 7 heteroatoms. The van der Waals surface area contributed by atoms with Gasteiger partial charge in [-0.05, 0) is 24.3 Å². The summed E-state index contributed by atoms with van der Waals surface area (Å²) < 4.78 is 10.8. The van der Waals surface area contributed by atoms with E-state index in [4.69, 9.17) is 9.15 Å². The van der Waals surface area contributed by atoms with Crippen LogP contribution in [0.15, 0.2) is 47.1 Å². The van der Waals surface area contributed by atoms with E-state index in [9.17, 15) is 4.79 Å². The molecule has 2 amide bonds. The number of carbonyl (C=O) groups is 1. The zero-order chi connectivity index (χ0) is 18.5. The number of hydrogen-bond donors (Lipinski definition) is 1. The number of nitrogens with zero attached hydrogens (tertiary/aromatic N) is 3. The third-order valence-corrected chi connectivity index (χ3v) is 5.12. The van der Waals surface area contributed by atoms with Crippen molar-refractivity contribution in [1.29, 1.82) is 0 Å². The lowest BCUT2D eigenvalue weighted by atomic mass is 10.2. The van der Waals surface area contributed by atoms with Gasteiger partial charge in [0, 0.05) is 39.3 Å². The Balaban J connectivity index is 1.33. The van der Waals surface area contributed by atoms with Crippen LogP contribution in [0.4, 0.5) is 16.2 Å². The Hall–Kier alpha value is -2.51. The molecule has 0 atom stereocenters. The third kappa shape index (κ3) is 4.43. The predicted octanol–water partition coefficient (Wildman–Crippen LogP) is 2.47. The number of anilines is 2. The number of rotatable bonds is 4. The van der Waals surface area contributed by atoms with Crippen LogP contribution in [0.5, 0.6) is 0 Å². The van der Waals surface area contributed by atoms with Crippen LogP contribution in [0, 0.1) is 0 Å². The summed E-state index contributed by atoms with van der Waals surface area (Å²) in [7, 11) is 0. The predicted molar refractivity (Wildman–Crippen MR) is 104 cm³/mol. The first-order valence-corrected chi connectivity index (χ1v) is 9.52. The number of benzene rings is 1. The lowest BCUT2D eigenvalue weighted by molar-refractivity contribution is 0.123. The van der Waals surface area contributed by atoms with E-state index in [1.54, 1.807) is 6.26 Å². The van der Waals surface area contributed by atoms with Gasteiger partial charge >= 0.3 is 6.03 Å². The molecule has 27 heavy (non-hydrogen) atoms. The molecule has 0 radical (unpaired) electrons. The number of amides is 2. The highest BCUT2D eigenvalue weighted by atomic mass is 16.5. The quantitative estimate of drug-likeness (QED) is 0.896. The minimum absolute atomic E-state index is 0.0339. The number of urea groups is 1. The molecule has 1 aromatic heterocycles. The second-order valence-electron chi connectivity index (χ2n) is 6.89. The van der Waals surface area contributed by atoms with Crippen LogP contribution in [-0.4, -0.2) is 68.3 Å². The number of para-hydroxylation sites is 2. The molecule has 3 heterocycles. The number of carbonyl (C=O) groups excluding carboxylic acids is 1. The third-order valence-electron chi connectivity index (χ3n) is 5.12.